The number of benzene rings is 2. The quantitative estimate of drug-likeness (QED) is 0.0419. The summed E-state index contributed by atoms with van der Waals surface area (Å²) >= 11 is 3.06. The van der Waals surface area contributed by atoms with E-state index in [-0.39, 0.29) is 56.0 Å². The van der Waals surface area contributed by atoms with Gasteiger partial charge in [-0.25, -0.2) is 13.6 Å². The average molecular weight is 968 g/mol. The van der Waals surface area contributed by atoms with Crippen molar-refractivity contribution in [2.24, 2.45) is 11.1 Å². The van der Waals surface area contributed by atoms with Gasteiger partial charge in [-0.1, -0.05) is 67.0 Å². The molecule has 3 aromatic rings. The summed E-state index contributed by atoms with van der Waals surface area (Å²) in [6, 6.07) is 10.6. The maximum atomic E-state index is 15.1. The first-order chi connectivity index (χ1) is 30.5. The smallest absolute Gasteiger partial charge is 0.328 e. The zero-order chi connectivity index (χ0) is 47.1. The van der Waals surface area contributed by atoms with Gasteiger partial charge in [-0.2, -0.15) is 0 Å². The molecule has 3 atom stereocenters. The first-order valence-electron chi connectivity index (χ1n) is 20.8. The van der Waals surface area contributed by atoms with E-state index in [4.69, 9.17) is 24.7 Å². The number of aliphatic hydroxyl groups excluding tert-OH is 1. The maximum Gasteiger partial charge on any atom is 0.328 e. The highest BCUT2D eigenvalue weighted by Gasteiger charge is 2.37. The van der Waals surface area contributed by atoms with Crippen LogP contribution in [0.1, 0.15) is 50.9 Å². The molecule has 0 bridgehead atoms. The molecule has 0 radical (unpaired) electrons. The fourth-order valence-corrected chi connectivity index (χ4v) is 6.73. The van der Waals surface area contributed by atoms with Crippen LogP contribution in [0.15, 0.2) is 60.8 Å². The number of carboxylic acid groups (broad SMARTS) is 1. The minimum Gasteiger partial charge on any atom is -0.480 e. The van der Waals surface area contributed by atoms with Crippen molar-refractivity contribution in [3.8, 4) is 11.1 Å². The third kappa shape index (κ3) is 18.7. The number of alkyl halides is 1. The van der Waals surface area contributed by atoms with Crippen molar-refractivity contribution in [1.29, 1.82) is 0 Å². The summed E-state index contributed by atoms with van der Waals surface area (Å²) < 4.78 is 52.8. The van der Waals surface area contributed by atoms with Crippen LogP contribution >= 0.6 is 15.9 Å². The first kappa shape index (κ1) is 53.5. The third-order valence-corrected chi connectivity index (χ3v) is 10.2. The Morgan fingerprint density at radius 1 is 0.859 bits per heavy atom. The molecule has 64 heavy (non-hydrogen) atoms. The number of nitrogens with two attached hydrogens (primary N) is 1. The molecule has 0 aliphatic heterocycles. The lowest BCUT2D eigenvalue weighted by Crippen LogP contribution is -2.53. The van der Waals surface area contributed by atoms with E-state index in [9.17, 15) is 38.6 Å². The molecule has 354 valence electrons. The molecule has 0 saturated heterocycles. The number of aromatic nitrogens is 1. The molecule has 0 aliphatic rings. The number of carbonyl (C=O) groups excluding carboxylic acids is 4. The van der Waals surface area contributed by atoms with Gasteiger partial charge in [-0.05, 0) is 41.7 Å². The summed E-state index contributed by atoms with van der Waals surface area (Å²) in [7, 11) is 0. The van der Waals surface area contributed by atoms with E-state index < -0.39 is 72.0 Å². The number of ether oxygens (including phenoxy) is 4. The van der Waals surface area contributed by atoms with Crippen molar-refractivity contribution in [2.45, 2.75) is 58.3 Å². The van der Waals surface area contributed by atoms with Crippen LogP contribution < -0.4 is 21.7 Å². The summed E-state index contributed by atoms with van der Waals surface area (Å²) in [6.45, 7) is 7.12. The Morgan fingerprint density at radius 2 is 1.48 bits per heavy atom. The number of aliphatic hydroxyl groups is 1. The number of carboxylic acids is 1. The number of aliphatic carboxylic acids is 1. The Bertz CT molecular complexity index is 1930. The summed E-state index contributed by atoms with van der Waals surface area (Å²) in [5, 5.41) is 27.6. The number of halogens is 3. The van der Waals surface area contributed by atoms with Gasteiger partial charge in [0, 0.05) is 55.6 Å². The van der Waals surface area contributed by atoms with Crippen LogP contribution in [0, 0.1) is 17.0 Å². The minimum atomic E-state index is -1.53. The molecule has 4 amide bonds. The van der Waals surface area contributed by atoms with Crippen molar-refractivity contribution >= 4 is 45.5 Å². The van der Waals surface area contributed by atoms with E-state index in [1.807, 2.05) is 55.7 Å². The second-order valence-electron chi connectivity index (χ2n) is 15.7. The van der Waals surface area contributed by atoms with Crippen LogP contribution in [0.4, 0.5) is 8.78 Å². The van der Waals surface area contributed by atoms with Crippen LogP contribution in [0.3, 0.4) is 0 Å². The second kappa shape index (κ2) is 28.2. The van der Waals surface area contributed by atoms with Crippen LogP contribution in [0.25, 0.3) is 11.1 Å². The van der Waals surface area contributed by atoms with E-state index >= 15 is 4.39 Å². The normalized spacial score (nSPS) is 12.9. The monoisotopic (exact) mass is 966 g/mol. The van der Waals surface area contributed by atoms with Crippen LogP contribution in [0.2, 0.25) is 0 Å². The molecule has 0 fully saturated rings. The fraction of sp³-hybridized carbons (Fsp3) is 0.523. The lowest BCUT2D eigenvalue weighted by molar-refractivity contribution is -0.142. The topological polar surface area (TPSA) is 233 Å². The largest absolute Gasteiger partial charge is 0.480 e. The van der Waals surface area contributed by atoms with Gasteiger partial charge in [-0.15, -0.1) is 0 Å². The summed E-state index contributed by atoms with van der Waals surface area (Å²) in [4.78, 5) is 63.7. The van der Waals surface area contributed by atoms with Crippen molar-refractivity contribution in [2.75, 3.05) is 84.4 Å². The standard InChI is InChI=1S/C44H61BrF2N6O11/c1-44(2,3)41(37-23-31(33-24-32(46)9-10-34(33)47)28-52(37)27-30-7-5-4-6-8-30)53(40(57)29-54)14-11-35(48)42(58)51-36(43(59)60)26-50-38(55)12-15-61-17-19-63-21-22-64-20-18-62-16-13-49-39(56)25-45/h4-10,23-24,28,35-36,41,54H,11-22,25-27,29,48H2,1-3H3,(H,49,56)(H,50,55)(H,51,58)(H,59,60)/t35?,36-,41?/m1/s1. The highest BCUT2D eigenvalue weighted by molar-refractivity contribution is 9.09. The molecule has 17 nitrogen and oxygen atoms in total. The second-order valence-corrected chi connectivity index (χ2v) is 16.2. The first-order valence-corrected chi connectivity index (χ1v) is 22.0. The molecule has 2 aromatic carbocycles. The van der Waals surface area contributed by atoms with E-state index in [2.05, 4.69) is 31.9 Å². The average Bonchev–Trinajstić information content (AvgIpc) is 3.66. The molecular formula is C44H61BrF2N6O11. The highest BCUT2D eigenvalue weighted by Crippen LogP contribution is 2.41. The Balaban J connectivity index is 1.52. The van der Waals surface area contributed by atoms with Gasteiger partial charge in [-0.3, -0.25) is 19.2 Å². The Kier molecular flexibility index (Phi) is 23.5. The van der Waals surface area contributed by atoms with E-state index in [1.165, 1.54) is 4.90 Å². The number of nitrogens with zero attached hydrogens (tertiary/aromatic N) is 2. The number of amides is 4. The van der Waals surface area contributed by atoms with Crippen molar-refractivity contribution in [3.63, 3.8) is 0 Å². The molecular weight excluding hydrogens is 906 g/mol. The highest BCUT2D eigenvalue weighted by atomic mass is 79.9. The number of rotatable bonds is 30. The predicted octanol–water partition coefficient (Wildman–Crippen LogP) is 2.76. The van der Waals surface area contributed by atoms with Crippen LogP contribution in [-0.4, -0.2) is 146 Å². The molecule has 7 N–H and O–H groups in total. The van der Waals surface area contributed by atoms with Gasteiger partial charge < -0.3 is 60.3 Å². The fourth-order valence-electron chi connectivity index (χ4n) is 6.53. The predicted molar refractivity (Wildman–Crippen MR) is 236 cm³/mol. The lowest BCUT2D eigenvalue weighted by atomic mass is 9.82. The van der Waals surface area contributed by atoms with E-state index in [0.717, 1.165) is 23.8 Å². The van der Waals surface area contributed by atoms with Gasteiger partial charge >= 0.3 is 5.97 Å². The van der Waals surface area contributed by atoms with Crippen LogP contribution in [0.5, 0.6) is 0 Å². The molecule has 1 heterocycles. The number of nitrogens with one attached hydrogen (secondary N) is 3. The zero-order valence-electron chi connectivity index (χ0n) is 36.5. The van der Waals surface area contributed by atoms with Crippen molar-refractivity contribution in [3.05, 3.63) is 83.7 Å². The minimum absolute atomic E-state index is 0.0165. The summed E-state index contributed by atoms with van der Waals surface area (Å²) in [5.74, 6) is -4.86. The Morgan fingerprint density at radius 3 is 2.08 bits per heavy atom. The number of carbonyl (C=O) groups is 5. The molecule has 1 aromatic heterocycles. The summed E-state index contributed by atoms with van der Waals surface area (Å²) in [6.07, 6.45) is 1.44. The van der Waals surface area contributed by atoms with Crippen molar-refractivity contribution < 1.29 is 61.9 Å². The molecule has 3 rings (SSSR count). The zero-order valence-corrected chi connectivity index (χ0v) is 38.1. The van der Waals surface area contributed by atoms with Crippen molar-refractivity contribution in [1.82, 2.24) is 25.4 Å². The maximum absolute atomic E-state index is 15.1. The molecule has 0 aliphatic carbocycles. The number of hydrogen-bond acceptors (Lipinski definition) is 11. The molecule has 2 unspecified atom stereocenters. The van der Waals surface area contributed by atoms with E-state index in [1.54, 1.807) is 12.3 Å². The van der Waals surface area contributed by atoms with Gasteiger partial charge in [0.15, 0.2) is 0 Å². The van der Waals surface area contributed by atoms with Gasteiger partial charge in [0.2, 0.25) is 23.6 Å². The Labute approximate surface area is 380 Å². The SMILES string of the molecule is CC(C)(C)C(c1cc(-c2cc(F)ccc2F)cn1Cc1ccccc1)N(CCC(N)C(=O)N[C@H](CNC(=O)CCOCCOCCOCCOCCNC(=O)CBr)C(=O)O)C(=O)CO. The van der Waals surface area contributed by atoms with E-state index in [0.29, 0.717) is 57.4 Å². The van der Waals surface area contributed by atoms with Gasteiger partial charge in [0.05, 0.1) is 70.3 Å². The summed E-state index contributed by atoms with van der Waals surface area (Å²) in [5.41, 5.74) is 7.34. The molecule has 20 heteroatoms. The van der Waals surface area contributed by atoms with Gasteiger partial charge in [0.25, 0.3) is 0 Å². The molecule has 0 spiro atoms. The van der Waals surface area contributed by atoms with Crippen LogP contribution in [-0.2, 0) is 49.5 Å². The van der Waals surface area contributed by atoms with Gasteiger partial charge in [0.1, 0.15) is 24.3 Å². The lowest BCUT2D eigenvalue weighted by Gasteiger charge is -2.41. The molecule has 0 saturated carbocycles. The number of hydrogen-bond donors (Lipinski definition) is 6. The Hall–Kier alpha value is -4.83. The third-order valence-electron chi connectivity index (χ3n) is 9.65.